The van der Waals surface area contributed by atoms with Gasteiger partial charge < -0.3 is 29.7 Å². The van der Waals surface area contributed by atoms with Crippen LogP contribution in [0, 0.1) is 11.3 Å². The molecule has 0 unspecified atom stereocenters. The van der Waals surface area contributed by atoms with E-state index in [0.29, 0.717) is 51.8 Å². The molecule has 0 amide bonds. The number of para-hydroxylation sites is 1. The maximum Gasteiger partial charge on any atom is 0.339 e. The molecule has 10 heteroatoms. The van der Waals surface area contributed by atoms with Gasteiger partial charge in [0.2, 0.25) is 0 Å². The van der Waals surface area contributed by atoms with Crippen molar-refractivity contribution in [1.29, 1.82) is 5.26 Å². The van der Waals surface area contributed by atoms with E-state index in [0.717, 1.165) is 11.3 Å². The van der Waals surface area contributed by atoms with Gasteiger partial charge in [-0.2, -0.15) is 5.26 Å². The summed E-state index contributed by atoms with van der Waals surface area (Å²) >= 11 is 0. The second-order valence-corrected chi connectivity index (χ2v) is 9.46. The van der Waals surface area contributed by atoms with Gasteiger partial charge >= 0.3 is 11.9 Å². The van der Waals surface area contributed by atoms with Crippen LogP contribution < -0.4 is 4.90 Å². The number of hydrogen-bond donors (Lipinski definition) is 3. The number of aromatic nitrogens is 1. The molecule has 216 valence electrons. The predicted molar refractivity (Wildman–Crippen MR) is 156 cm³/mol. The molecule has 0 bridgehead atoms. The highest BCUT2D eigenvalue weighted by Gasteiger charge is 2.28. The van der Waals surface area contributed by atoms with Gasteiger partial charge in [-0.25, -0.2) is 14.6 Å². The van der Waals surface area contributed by atoms with Gasteiger partial charge in [0, 0.05) is 36.5 Å². The van der Waals surface area contributed by atoms with Gasteiger partial charge in [0.15, 0.2) is 0 Å². The quantitative estimate of drug-likeness (QED) is 0.282. The molecule has 0 radical (unpaired) electrons. The normalized spacial score (nSPS) is 13.8. The minimum Gasteiger partial charge on any atom is -0.465 e. The molecule has 4 aromatic rings. The molecular weight excluding hydrogens is 538 g/mol. The highest BCUT2D eigenvalue weighted by molar-refractivity contribution is 6.15. The number of ether oxygens (including phenoxy) is 2. The van der Waals surface area contributed by atoms with Crippen LogP contribution >= 0.6 is 0 Å². The van der Waals surface area contributed by atoms with Crippen LogP contribution in [-0.2, 0) is 22.7 Å². The van der Waals surface area contributed by atoms with Crippen molar-refractivity contribution in [1.82, 2.24) is 4.98 Å². The average molecular weight is 570 g/mol. The Balaban J connectivity index is 0.00000129. The summed E-state index contributed by atoms with van der Waals surface area (Å²) in [6, 6.07) is 17.8. The fourth-order valence-electron chi connectivity index (χ4n) is 5.22. The molecule has 42 heavy (non-hydrogen) atoms. The smallest absolute Gasteiger partial charge is 0.339 e. The SMILES string of the molecule is CC#N.COC(=O)c1cc2cc(CO)c(CO)cc2c(-c2ccnc(N3CC[C@H](O)c4ccccc43)c2)c1C(=O)OC. The van der Waals surface area contributed by atoms with E-state index in [9.17, 15) is 24.9 Å². The summed E-state index contributed by atoms with van der Waals surface area (Å²) in [5.74, 6) is -0.855. The maximum atomic E-state index is 13.2. The third-order valence-corrected chi connectivity index (χ3v) is 7.12. The van der Waals surface area contributed by atoms with Crippen molar-refractivity contribution in [2.24, 2.45) is 0 Å². The number of aliphatic hydroxyl groups is 3. The van der Waals surface area contributed by atoms with E-state index < -0.39 is 18.0 Å². The minimum absolute atomic E-state index is 0.0114. The number of methoxy groups -OCH3 is 2. The zero-order chi connectivity index (χ0) is 30.4. The van der Waals surface area contributed by atoms with Crippen molar-refractivity contribution in [2.75, 3.05) is 25.7 Å². The predicted octanol–water partition coefficient (Wildman–Crippen LogP) is 4.56. The fraction of sp³-hybridized carbons (Fsp3) is 0.250. The summed E-state index contributed by atoms with van der Waals surface area (Å²) < 4.78 is 10.1. The van der Waals surface area contributed by atoms with Crippen LogP contribution in [0.25, 0.3) is 21.9 Å². The molecule has 1 aliphatic heterocycles. The highest BCUT2D eigenvalue weighted by Crippen LogP contribution is 2.41. The molecule has 3 aromatic carbocycles. The standard InChI is InChI=1S/C30H28N2O7.C2H3N/c1-38-29(36)23-12-18-11-19(15-33)20(16-34)13-22(18)27(28(23)30(37)39-2)17-7-9-31-26(14-17)32-10-8-25(35)21-5-3-4-6-24(21)32;1-2-3/h3-7,9,11-14,25,33-35H,8,10,15-16H2,1-2H3;1H3/t25-;/m0./s1. The number of rotatable bonds is 6. The summed E-state index contributed by atoms with van der Waals surface area (Å²) in [5, 5.41) is 38.9. The number of fused-ring (bicyclic) bond motifs is 2. The first-order valence-electron chi connectivity index (χ1n) is 13.2. The Kier molecular flexibility index (Phi) is 9.49. The van der Waals surface area contributed by atoms with Gasteiger partial charge in [0.1, 0.15) is 5.82 Å². The van der Waals surface area contributed by atoms with E-state index in [2.05, 4.69) is 4.98 Å². The number of carbonyl (C=O) groups excluding carboxylic acids is 2. The lowest BCUT2D eigenvalue weighted by molar-refractivity contribution is 0.0556. The molecule has 10 nitrogen and oxygen atoms in total. The Morgan fingerprint density at radius 2 is 1.69 bits per heavy atom. The monoisotopic (exact) mass is 569 g/mol. The second-order valence-electron chi connectivity index (χ2n) is 9.46. The van der Waals surface area contributed by atoms with Crippen LogP contribution in [0.15, 0.2) is 60.8 Å². The van der Waals surface area contributed by atoms with Gasteiger partial charge in [-0.15, -0.1) is 0 Å². The lowest BCUT2D eigenvalue weighted by Gasteiger charge is -2.33. The van der Waals surface area contributed by atoms with Crippen LogP contribution in [0.5, 0.6) is 0 Å². The van der Waals surface area contributed by atoms with Crippen LogP contribution in [0.4, 0.5) is 11.5 Å². The first-order valence-corrected chi connectivity index (χ1v) is 13.2. The first kappa shape index (κ1) is 30.1. The van der Waals surface area contributed by atoms with Gasteiger partial charge in [-0.1, -0.05) is 18.2 Å². The molecule has 1 aliphatic rings. The molecule has 1 aromatic heterocycles. The molecule has 0 fully saturated rings. The summed E-state index contributed by atoms with van der Waals surface area (Å²) in [6.07, 6.45) is 1.55. The number of carbonyl (C=O) groups is 2. The molecule has 5 rings (SSSR count). The van der Waals surface area contributed by atoms with Crippen LogP contribution in [0.1, 0.15) is 56.9 Å². The molecule has 0 spiro atoms. The van der Waals surface area contributed by atoms with Gasteiger partial charge in [0.25, 0.3) is 0 Å². The average Bonchev–Trinajstić information content (AvgIpc) is 3.03. The summed E-state index contributed by atoms with van der Waals surface area (Å²) in [4.78, 5) is 32.6. The molecule has 0 saturated heterocycles. The second kappa shape index (κ2) is 13.2. The van der Waals surface area contributed by atoms with Gasteiger partial charge in [0.05, 0.1) is 50.7 Å². The Hall–Kier alpha value is -4.82. The Morgan fingerprint density at radius 3 is 2.36 bits per heavy atom. The zero-order valence-corrected chi connectivity index (χ0v) is 23.5. The minimum atomic E-state index is -0.728. The first-order chi connectivity index (χ1) is 20.3. The van der Waals surface area contributed by atoms with Crippen LogP contribution in [-0.4, -0.2) is 53.0 Å². The highest BCUT2D eigenvalue weighted by atomic mass is 16.5. The van der Waals surface area contributed by atoms with Crippen molar-refractivity contribution in [2.45, 2.75) is 32.7 Å². The molecule has 3 N–H and O–H groups in total. The van der Waals surface area contributed by atoms with E-state index in [-0.39, 0.29) is 24.3 Å². The van der Waals surface area contributed by atoms with Crippen molar-refractivity contribution in [3.05, 3.63) is 88.6 Å². The Bertz CT molecular complexity index is 1680. The van der Waals surface area contributed by atoms with E-state index in [1.165, 1.54) is 27.2 Å². The number of hydrogen-bond acceptors (Lipinski definition) is 10. The number of nitrogens with zero attached hydrogens (tertiary/aromatic N) is 3. The van der Waals surface area contributed by atoms with E-state index >= 15 is 0 Å². The summed E-state index contributed by atoms with van der Waals surface area (Å²) in [7, 11) is 2.47. The summed E-state index contributed by atoms with van der Waals surface area (Å²) in [5.41, 5.74) is 3.64. The largest absolute Gasteiger partial charge is 0.465 e. The molecule has 2 heterocycles. The van der Waals surface area contributed by atoms with Crippen molar-refractivity contribution >= 4 is 34.2 Å². The van der Waals surface area contributed by atoms with Crippen molar-refractivity contribution < 1.29 is 34.4 Å². The number of esters is 2. The van der Waals surface area contributed by atoms with Crippen LogP contribution in [0.3, 0.4) is 0 Å². The van der Waals surface area contributed by atoms with Crippen LogP contribution in [0.2, 0.25) is 0 Å². The van der Waals surface area contributed by atoms with Gasteiger partial charge in [-0.3, -0.25) is 0 Å². The third kappa shape index (κ3) is 5.66. The van der Waals surface area contributed by atoms with Gasteiger partial charge in [-0.05, 0) is 70.3 Å². The number of nitriles is 1. The topological polar surface area (TPSA) is 153 Å². The van der Waals surface area contributed by atoms with E-state index in [1.807, 2.05) is 35.2 Å². The number of aliphatic hydroxyl groups excluding tert-OH is 3. The fourth-order valence-corrected chi connectivity index (χ4v) is 5.22. The van der Waals surface area contributed by atoms with E-state index in [4.69, 9.17) is 14.7 Å². The van der Waals surface area contributed by atoms with Crippen molar-refractivity contribution in [3.8, 4) is 17.2 Å². The molecule has 1 atom stereocenters. The lowest BCUT2D eigenvalue weighted by Crippen LogP contribution is -2.27. The molecular formula is C32H31N3O7. The maximum absolute atomic E-state index is 13.2. The summed E-state index contributed by atoms with van der Waals surface area (Å²) in [6.45, 7) is 1.31. The Labute approximate surface area is 243 Å². The Morgan fingerprint density at radius 1 is 1.02 bits per heavy atom. The molecule has 0 saturated carbocycles. The van der Waals surface area contributed by atoms with Crippen molar-refractivity contribution in [3.63, 3.8) is 0 Å². The number of anilines is 2. The lowest BCUT2D eigenvalue weighted by atomic mass is 9.87. The zero-order valence-electron chi connectivity index (χ0n) is 23.5. The van der Waals surface area contributed by atoms with E-state index in [1.54, 1.807) is 30.5 Å². The molecule has 0 aliphatic carbocycles. The number of pyridine rings is 1. The third-order valence-electron chi connectivity index (χ3n) is 7.12. The number of benzene rings is 3.